The molecule has 0 aromatic heterocycles. The number of carbonyl (C=O) groups excluding carboxylic acids is 2. The maximum Gasteiger partial charge on any atom is 0.300 e. The van der Waals surface area contributed by atoms with Crippen LogP contribution in [0.4, 0.5) is 11.4 Å². The lowest BCUT2D eigenvalue weighted by Gasteiger charge is -2.27. The van der Waals surface area contributed by atoms with Crippen molar-refractivity contribution in [3.63, 3.8) is 0 Å². The average Bonchev–Trinajstić information content (AvgIpc) is 3.19. The van der Waals surface area contributed by atoms with Gasteiger partial charge in [-0.15, -0.1) is 0 Å². The Morgan fingerprint density at radius 1 is 0.974 bits per heavy atom. The van der Waals surface area contributed by atoms with E-state index in [4.69, 9.17) is 4.74 Å². The van der Waals surface area contributed by atoms with Crippen molar-refractivity contribution in [3.8, 4) is 11.5 Å². The van der Waals surface area contributed by atoms with Crippen LogP contribution in [0.15, 0.2) is 72.3 Å². The summed E-state index contributed by atoms with van der Waals surface area (Å²) in [6, 6.07) is 18.1. The third kappa shape index (κ3) is 5.62. The Bertz CT molecular complexity index is 1370. The zero-order chi connectivity index (χ0) is 28.3. The molecule has 2 N–H and O–H groups in total. The molecule has 3 aromatic rings. The monoisotopic (exact) mass is 528 g/mol. The van der Waals surface area contributed by atoms with E-state index in [9.17, 15) is 19.8 Å². The number of anilines is 2. The fraction of sp³-hybridized carbons (Fsp3) is 0.312. The molecule has 1 fully saturated rings. The molecule has 1 saturated heterocycles. The smallest absolute Gasteiger partial charge is 0.300 e. The summed E-state index contributed by atoms with van der Waals surface area (Å²) < 4.78 is 5.86. The van der Waals surface area contributed by atoms with Crippen molar-refractivity contribution in [1.29, 1.82) is 0 Å². The van der Waals surface area contributed by atoms with Crippen LogP contribution in [0.5, 0.6) is 11.5 Å². The predicted molar refractivity (Wildman–Crippen MR) is 154 cm³/mol. The van der Waals surface area contributed by atoms with Crippen LogP contribution in [-0.2, 0) is 9.59 Å². The normalized spacial score (nSPS) is 16.7. The Morgan fingerprint density at radius 3 is 2.18 bits per heavy atom. The number of hydrogen-bond donors (Lipinski definition) is 2. The highest BCUT2D eigenvalue weighted by atomic mass is 16.5. The van der Waals surface area contributed by atoms with Crippen LogP contribution in [0.1, 0.15) is 50.4 Å². The molecule has 3 aromatic carbocycles. The van der Waals surface area contributed by atoms with E-state index in [1.807, 2.05) is 31.2 Å². The van der Waals surface area contributed by atoms with Gasteiger partial charge < -0.3 is 19.8 Å². The number of carbonyl (C=O) groups is 2. The lowest BCUT2D eigenvalue weighted by atomic mass is 9.94. The maximum absolute atomic E-state index is 13.5. The third-order valence-corrected chi connectivity index (χ3v) is 6.93. The van der Waals surface area contributed by atoms with Crippen molar-refractivity contribution in [1.82, 2.24) is 0 Å². The van der Waals surface area contributed by atoms with E-state index in [0.717, 1.165) is 24.3 Å². The highest BCUT2D eigenvalue weighted by Crippen LogP contribution is 2.43. The number of phenolic OH excluding ortho intramolecular Hbond substituents is 1. The Kier molecular flexibility index (Phi) is 8.29. The minimum atomic E-state index is -0.873. The first kappa shape index (κ1) is 27.8. The molecule has 1 amide bonds. The van der Waals surface area contributed by atoms with Gasteiger partial charge in [-0.2, -0.15) is 0 Å². The second kappa shape index (κ2) is 11.6. The molecule has 1 unspecified atom stereocenters. The predicted octanol–water partition coefficient (Wildman–Crippen LogP) is 6.21. The number of amides is 1. The zero-order valence-corrected chi connectivity index (χ0v) is 23.1. The lowest BCUT2D eigenvalue weighted by Crippen LogP contribution is -2.29. The van der Waals surface area contributed by atoms with E-state index >= 15 is 0 Å². The number of nitrogens with zero attached hydrogens (tertiary/aromatic N) is 2. The number of hydrogen-bond acceptors (Lipinski definition) is 6. The van der Waals surface area contributed by atoms with Gasteiger partial charge in [0.05, 0.1) is 18.2 Å². The van der Waals surface area contributed by atoms with Gasteiger partial charge in [-0.1, -0.05) is 26.0 Å². The standard InChI is InChI=1S/C32H36N2O5/c1-6-33(7-2)24-11-13-25(14-12-24)34-29(22-8-15-26(35)16-9-22)28(31(37)32(34)38)30(36)23-10-17-27(21(5)18-23)39-19-20(3)4/h8-18,20,29,35-36H,6-7,19H2,1-5H3/b30-28-. The number of benzene rings is 3. The summed E-state index contributed by atoms with van der Waals surface area (Å²) >= 11 is 0. The number of aliphatic hydroxyl groups excluding tert-OH is 1. The van der Waals surface area contributed by atoms with Crippen LogP contribution in [-0.4, -0.2) is 41.6 Å². The minimum absolute atomic E-state index is 0.00578. The van der Waals surface area contributed by atoms with Gasteiger partial charge in [-0.25, -0.2) is 0 Å². The molecule has 204 valence electrons. The molecule has 1 aliphatic heterocycles. The van der Waals surface area contributed by atoms with Crippen molar-refractivity contribution in [3.05, 3.63) is 89.0 Å². The molecule has 0 bridgehead atoms. The summed E-state index contributed by atoms with van der Waals surface area (Å²) in [4.78, 5) is 30.5. The van der Waals surface area contributed by atoms with E-state index in [1.54, 1.807) is 30.3 Å². The second-order valence-corrected chi connectivity index (χ2v) is 10.1. The summed E-state index contributed by atoms with van der Waals surface area (Å²) in [7, 11) is 0. The Balaban J connectivity index is 1.81. The molecule has 0 spiro atoms. The molecule has 4 rings (SSSR count). The third-order valence-electron chi connectivity index (χ3n) is 6.93. The van der Waals surface area contributed by atoms with Crippen LogP contribution >= 0.6 is 0 Å². The molecule has 0 radical (unpaired) electrons. The van der Waals surface area contributed by atoms with Gasteiger partial charge in [0.2, 0.25) is 0 Å². The zero-order valence-electron chi connectivity index (χ0n) is 23.1. The minimum Gasteiger partial charge on any atom is -0.508 e. The van der Waals surface area contributed by atoms with Crippen molar-refractivity contribution in [2.24, 2.45) is 5.92 Å². The van der Waals surface area contributed by atoms with Crippen molar-refractivity contribution < 1.29 is 24.5 Å². The lowest BCUT2D eigenvalue weighted by molar-refractivity contribution is -0.132. The average molecular weight is 529 g/mol. The number of aliphatic hydroxyl groups is 1. The summed E-state index contributed by atoms with van der Waals surface area (Å²) in [6.45, 7) is 12.4. The largest absolute Gasteiger partial charge is 0.508 e. The maximum atomic E-state index is 13.5. The number of phenols is 1. The van der Waals surface area contributed by atoms with Crippen LogP contribution in [0.25, 0.3) is 5.76 Å². The summed E-state index contributed by atoms with van der Waals surface area (Å²) in [6.07, 6.45) is 0. The van der Waals surface area contributed by atoms with Gasteiger partial charge in [0, 0.05) is 30.0 Å². The van der Waals surface area contributed by atoms with E-state index in [1.165, 1.54) is 17.0 Å². The topological polar surface area (TPSA) is 90.3 Å². The quantitative estimate of drug-likeness (QED) is 0.195. The molecule has 0 aliphatic carbocycles. The number of aromatic hydroxyl groups is 1. The van der Waals surface area contributed by atoms with Crippen LogP contribution < -0.4 is 14.5 Å². The second-order valence-electron chi connectivity index (χ2n) is 10.1. The highest BCUT2D eigenvalue weighted by molar-refractivity contribution is 6.51. The molecule has 1 atom stereocenters. The first-order chi connectivity index (χ1) is 18.7. The van der Waals surface area contributed by atoms with E-state index in [2.05, 4.69) is 32.6 Å². The first-order valence-corrected chi connectivity index (χ1v) is 13.3. The van der Waals surface area contributed by atoms with Gasteiger partial charge in [0.1, 0.15) is 17.3 Å². The Morgan fingerprint density at radius 2 is 1.62 bits per heavy atom. The number of aryl methyl sites for hydroxylation is 1. The van der Waals surface area contributed by atoms with Crippen molar-refractivity contribution in [2.45, 2.75) is 40.7 Å². The molecule has 1 heterocycles. The molecular weight excluding hydrogens is 492 g/mol. The van der Waals surface area contributed by atoms with Gasteiger partial charge in [0.25, 0.3) is 11.7 Å². The van der Waals surface area contributed by atoms with Crippen LogP contribution in [0.3, 0.4) is 0 Å². The van der Waals surface area contributed by atoms with E-state index in [0.29, 0.717) is 35.1 Å². The SMILES string of the molecule is CCN(CC)c1ccc(N2C(=O)C(=O)/C(=C(\O)c3ccc(OCC(C)C)c(C)c3)C2c2ccc(O)cc2)cc1. The summed E-state index contributed by atoms with van der Waals surface area (Å²) in [5.41, 5.74) is 3.37. The highest BCUT2D eigenvalue weighted by Gasteiger charge is 2.47. The number of rotatable bonds is 9. The number of ketones is 1. The fourth-order valence-corrected chi connectivity index (χ4v) is 4.85. The number of ether oxygens (including phenoxy) is 1. The van der Waals surface area contributed by atoms with Gasteiger partial charge in [-0.05, 0) is 92.4 Å². The Hall–Kier alpha value is -4.26. The van der Waals surface area contributed by atoms with Gasteiger partial charge >= 0.3 is 0 Å². The van der Waals surface area contributed by atoms with E-state index < -0.39 is 17.7 Å². The van der Waals surface area contributed by atoms with Crippen LogP contribution in [0, 0.1) is 12.8 Å². The number of Topliss-reactive ketones (excluding diaryl/α,β-unsaturated/α-hetero) is 1. The summed E-state index contributed by atoms with van der Waals surface area (Å²) in [5.74, 6) is -0.627. The molecule has 1 aliphatic rings. The first-order valence-electron chi connectivity index (χ1n) is 13.3. The molecule has 7 heteroatoms. The fourth-order valence-electron chi connectivity index (χ4n) is 4.85. The molecule has 7 nitrogen and oxygen atoms in total. The van der Waals surface area contributed by atoms with Crippen molar-refractivity contribution in [2.75, 3.05) is 29.5 Å². The van der Waals surface area contributed by atoms with Crippen LogP contribution in [0.2, 0.25) is 0 Å². The Labute approximate surface area is 230 Å². The van der Waals surface area contributed by atoms with Gasteiger partial charge in [-0.3, -0.25) is 14.5 Å². The molecule has 39 heavy (non-hydrogen) atoms. The summed E-state index contributed by atoms with van der Waals surface area (Å²) in [5, 5.41) is 21.3. The molecular formula is C32H36N2O5. The molecule has 0 saturated carbocycles. The van der Waals surface area contributed by atoms with Crippen molar-refractivity contribution >= 4 is 28.8 Å². The van der Waals surface area contributed by atoms with E-state index in [-0.39, 0.29) is 17.1 Å². The van der Waals surface area contributed by atoms with Gasteiger partial charge in [0.15, 0.2) is 0 Å².